The van der Waals surface area contributed by atoms with Gasteiger partial charge in [0, 0.05) is 32.0 Å². The minimum Gasteiger partial charge on any atom is -0.497 e. The number of methoxy groups -OCH3 is 1. The van der Waals surface area contributed by atoms with E-state index in [1.165, 1.54) is 0 Å². The number of nitriles is 1. The minimum atomic E-state index is -0.556. The van der Waals surface area contributed by atoms with Gasteiger partial charge in [0.15, 0.2) is 5.78 Å². The zero-order chi connectivity index (χ0) is 16.4. The molecule has 3 rings (SSSR count). The second kappa shape index (κ2) is 5.92. The van der Waals surface area contributed by atoms with Gasteiger partial charge in [0.1, 0.15) is 23.5 Å². The number of fused-ring (bicyclic) bond motifs is 1. The lowest BCUT2D eigenvalue weighted by Gasteiger charge is -2.43. The first-order valence-electron chi connectivity index (χ1n) is 7.62. The highest BCUT2D eigenvalue weighted by atomic mass is 16.5. The van der Waals surface area contributed by atoms with Crippen molar-refractivity contribution < 1.29 is 19.1 Å². The van der Waals surface area contributed by atoms with Crippen LogP contribution >= 0.6 is 0 Å². The van der Waals surface area contributed by atoms with E-state index < -0.39 is 5.60 Å². The number of piperidine rings is 1. The molecule has 2 aliphatic rings. The molecule has 23 heavy (non-hydrogen) atoms. The number of amides is 1. The Balaban J connectivity index is 1.77. The normalized spacial score (nSPS) is 18.8. The summed E-state index contributed by atoms with van der Waals surface area (Å²) >= 11 is 0. The number of nitrogens with zero attached hydrogens (tertiary/aromatic N) is 2. The van der Waals surface area contributed by atoms with E-state index in [9.17, 15) is 9.59 Å². The molecule has 6 nitrogen and oxygen atoms in total. The molecule has 2 aliphatic heterocycles. The summed E-state index contributed by atoms with van der Waals surface area (Å²) in [7, 11) is 1.57. The van der Waals surface area contributed by atoms with E-state index in [0.29, 0.717) is 49.4 Å². The zero-order valence-corrected chi connectivity index (χ0v) is 13.0. The van der Waals surface area contributed by atoms with Crippen molar-refractivity contribution >= 4 is 11.7 Å². The minimum absolute atomic E-state index is 0.0608. The Bertz CT molecular complexity index is 684. The average molecular weight is 314 g/mol. The summed E-state index contributed by atoms with van der Waals surface area (Å²) in [6.07, 6.45) is 1.40. The van der Waals surface area contributed by atoms with Gasteiger partial charge in [0.05, 0.1) is 25.2 Å². The molecule has 1 aromatic rings. The molecule has 0 saturated carbocycles. The molecule has 6 heteroatoms. The number of benzene rings is 1. The first-order valence-corrected chi connectivity index (χ1v) is 7.62. The van der Waals surface area contributed by atoms with Crippen LogP contribution in [0.25, 0.3) is 0 Å². The van der Waals surface area contributed by atoms with Gasteiger partial charge in [0.25, 0.3) is 0 Å². The summed E-state index contributed by atoms with van der Waals surface area (Å²) in [5.74, 6) is 1.10. The maximum atomic E-state index is 12.4. The Hall–Kier alpha value is -2.55. The molecule has 0 radical (unpaired) electrons. The highest BCUT2D eigenvalue weighted by molar-refractivity contribution is 6.00. The van der Waals surface area contributed by atoms with E-state index in [1.807, 2.05) is 6.07 Å². The molecule has 1 saturated heterocycles. The second-order valence-electron chi connectivity index (χ2n) is 5.96. The molecule has 1 amide bonds. The van der Waals surface area contributed by atoms with Gasteiger partial charge < -0.3 is 14.4 Å². The molecule has 0 bridgehead atoms. The molecule has 1 fully saturated rings. The number of likely N-dealkylation sites (tertiary alicyclic amines) is 1. The first-order chi connectivity index (χ1) is 11.1. The third-order valence-electron chi connectivity index (χ3n) is 4.56. The largest absolute Gasteiger partial charge is 0.497 e. The Labute approximate surface area is 134 Å². The van der Waals surface area contributed by atoms with Gasteiger partial charge in [-0.2, -0.15) is 5.26 Å². The van der Waals surface area contributed by atoms with Crippen LogP contribution in [0.5, 0.6) is 11.5 Å². The Morgan fingerprint density at radius 3 is 2.83 bits per heavy atom. The first kappa shape index (κ1) is 15.3. The van der Waals surface area contributed by atoms with E-state index in [2.05, 4.69) is 0 Å². The summed E-state index contributed by atoms with van der Waals surface area (Å²) < 4.78 is 11.3. The molecular formula is C17H18N2O4. The third-order valence-corrected chi connectivity index (χ3v) is 4.56. The number of hydrogen-bond donors (Lipinski definition) is 0. The van der Waals surface area contributed by atoms with Crippen LogP contribution in [0.3, 0.4) is 0 Å². The Morgan fingerprint density at radius 2 is 2.17 bits per heavy atom. The van der Waals surface area contributed by atoms with Crippen molar-refractivity contribution in [1.29, 1.82) is 5.26 Å². The third kappa shape index (κ3) is 2.87. The molecule has 0 atom stereocenters. The van der Waals surface area contributed by atoms with Gasteiger partial charge >= 0.3 is 0 Å². The van der Waals surface area contributed by atoms with Crippen molar-refractivity contribution in [3.05, 3.63) is 23.8 Å². The van der Waals surface area contributed by atoms with Gasteiger partial charge in [-0.3, -0.25) is 9.59 Å². The molecule has 1 aromatic carbocycles. The van der Waals surface area contributed by atoms with Gasteiger partial charge in [-0.25, -0.2) is 0 Å². The lowest BCUT2D eigenvalue weighted by atomic mass is 9.82. The molecule has 0 aromatic heterocycles. The van der Waals surface area contributed by atoms with Crippen LogP contribution in [0.1, 0.15) is 36.0 Å². The van der Waals surface area contributed by atoms with Crippen LogP contribution in [0, 0.1) is 11.3 Å². The fraction of sp³-hybridized carbons (Fsp3) is 0.471. The quantitative estimate of drug-likeness (QED) is 0.833. The smallest absolute Gasteiger partial charge is 0.236 e. The van der Waals surface area contributed by atoms with Gasteiger partial charge in [0.2, 0.25) is 5.91 Å². The second-order valence-corrected chi connectivity index (χ2v) is 5.96. The van der Waals surface area contributed by atoms with Crippen LogP contribution in [0.15, 0.2) is 18.2 Å². The fourth-order valence-electron chi connectivity index (χ4n) is 3.22. The number of ketones is 1. The van der Waals surface area contributed by atoms with Crippen LogP contribution in [0.2, 0.25) is 0 Å². The van der Waals surface area contributed by atoms with Gasteiger partial charge in [-0.05, 0) is 12.1 Å². The van der Waals surface area contributed by atoms with Crippen LogP contribution in [-0.4, -0.2) is 42.4 Å². The van der Waals surface area contributed by atoms with Crippen molar-refractivity contribution in [2.75, 3.05) is 20.2 Å². The predicted octanol–water partition coefficient (Wildman–Crippen LogP) is 1.94. The highest BCUT2D eigenvalue weighted by Crippen LogP contribution is 2.40. The van der Waals surface area contributed by atoms with Crippen molar-refractivity contribution in [3.63, 3.8) is 0 Å². The topological polar surface area (TPSA) is 79.6 Å². The van der Waals surface area contributed by atoms with E-state index >= 15 is 0 Å². The molecule has 1 spiro atoms. The van der Waals surface area contributed by atoms with Crippen molar-refractivity contribution in [3.8, 4) is 17.6 Å². The summed E-state index contributed by atoms with van der Waals surface area (Å²) in [5, 5.41) is 8.62. The van der Waals surface area contributed by atoms with Crippen molar-refractivity contribution in [2.24, 2.45) is 0 Å². The SMILES string of the molecule is COc1ccc2c(c1)OC1(CCN(C(=O)CC#N)CC1)CC2=O. The summed E-state index contributed by atoms with van der Waals surface area (Å²) in [4.78, 5) is 25.9. The predicted molar refractivity (Wildman–Crippen MR) is 81.3 cm³/mol. The summed E-state index contributed by atoms with van der Waals surface area (Å²) in [5.41, 5.74) is 0.0271. The maximum absolute atomic E-state index is 12.4. The van der Waals surface area contributed by atoms with Gasteiger partial charge in [-0.1, -0.05) is 0 Å². The van der Waals surface area contributed by atoms with E-state index in [4.69, 9.17) is 14.7 Å². The molecular weight excluding hydrogens is 296 g/mol. The highest BCUT2D eigenvalue weighted by Gasteiger charge is 2.43. The fourth-order valence-corrected chi connectivity index (χ4v) is 3.22. The lowest BCUT2D eigenvalue weighted by molar-refractivity contribution is -0.133. The number of ether oxygens (including phenoxy) is 2. The standard InChI is InChI=1S/C17H18N2O4/c1-22-12-2-3-13-14(20)11-17(23-15(13)10-12)5-8-19(9-6-17)16(21)4-7-18/h2-3,10H,4-6,8-9,11H2,1H3. The van der Waals surface area contributed by atoms with Gasteiger partial charge in [-0.15, -0.1) is 0 Å². The lowest BCUT2D eigenvalue weighted by Crippen LogP contribution is -2.52. The Kier molecular flexibility index (Phi) is 3.95. The van der Waals surface area contributed by atoms with Crippen LogP contribution in [-0.2, 0) is 4.79 Å². The zero-order valence-electron chi connectivity index (χ0n) is 13.0. The number of rotatable bonds is 2. The summed E-state index contributed by atoms with van der Waals surface area (Å²) in [6, 6.07) is 7.10. The number of carbonyl (C=O) groups is 2. The van der Waals surface area contributed by atoms with Crippen molar-refractivity contribution in [1.82, 2.24) is 4.90 Å². The van der Waals surface area contributed by atoms with Crippen LogP contribution < -0.4 is 9.47 Å². The summed E-state index contributed by atoms with van der Waals surface area (Å²) in [6.45, 7) is 1.01. The van der Waals surface area contributed by atoms with E-state index in [0.717, 1.165) is 0 Å². The number of Topliss-reactive ketones (excluding diaryl/α,β-unsaturated/α-hetero) is 1. The Morgan fingerprint density at radius 1 is 1.43 bits per heavy atom. The molecule has 0 aliphatic carbocycles. The molecule has 2 heterocycles. The van der Waals surface area contributed by atoms with E-state index in [1.54, 1.807) is 30.2 Å². The monoisotopic (exact) mass is 314 g/mol. The maximum Gasteiger partial charge on any atom is 0.236 e. The van der Waals surface area contributed by atoms with Crippen LogP contribution in [0.4, 0.5) is 0 Å². The van der Waals surface area contributed by atoms with E-state index in [-0.39, 0.29) is 18.1 Å². The molecule has 0 N–H and O–H groups in total. The molecule has 0 unspecified atom stereocenters. The number of carbonyl (C=O) groups excluding carboxylic acids is 2. The average Bonchev–Trinajstić information content (AvgIpc) is 2.55. The van der Waals surface area contributed by atoms with Crippen molar-refractivity contribution in [2.45, 2.75) is 31.3 Å². The molecule has 120 valence electrons. The number of hydrogen-bond acceptors (Lipinski definition) is 5.